The molecule has 0 spiro atoms. The Morgan fingerprint density at radius 2 is 2.67 bits per heavy atom. The van der Waals surface area contributed by atoms with Gasteiger partial charge in [-0.1, -0.05) is 0 Å². The molecular weight excluding hydrogens is 120 g/mol. The highest BCUT2D eigenvalue weighted by Crippen LogP contribution is 1.89. The van der Waals surface area contributed by atoms with Gasteiger partial charge in [0.15, 0.2) is 0 Å². The number of amides is 1. The summed E-state index contributed by atoms with van der Waals surface area (Å²) in [6.45, 7) is 0.554. The van der Waals surface area contributed by atoms with Crippen molar-refractivity contribution in [2.75, 3.05) is 13.7 Å². The van der Waals surface area contributed by atoms with E-state index in [0.717, 1.165) is 0 Å². The Labute approximate surface area is 52.5 Å². The number of rotatable bonds is 1. The van der Waals surface area contributed by atoms with E-state index in [1.807, 2.05) is 0 Å². The standard InChI is InChI=1S/C4H8N4O/c1-8-2-6-4(7-8)3(5)9/h2H2,1H3,(H2,5,9)(H,6,7). The number of nitrogens with one attached hydrogen (secondary N) is 1. The van der Waals surface area contributed by atoms with E-state index in [1.165, 1.54) is 0 Å². The Kier molecular flexibility index (Phi) is 1.26. The Hall–Kier alpha value is -1.26. The van der Waals surface area contributed by atoms with E-state index in [0.29, 0.717) is 6.67 Å². The molecule has 3 N–H and O–H groups in total. The van der Waals surface area contributed by atoms with Gasteiger partial charge in [0.2, 0.25) is 5.84 Å². The van der Waals surface area contributed by atoms with E-state index in [-0.39, 0.29) is 5.84 Å². The summed E-state index contributed by atoms with van der Waals surface area (Å²) in [5.74, 6) is -0.281. The fourth-order valence-electron chi connectivity index (χ4n) is 0.567. The van der Waals surface area contributed by atoms with Gasteiger partial charge in [0.1, 0.15) is 6.67 Å². The second kappa shape index (κ2) is 1.93. The fraction of sp³-hybridized carbons (Fsp3) is 0.500. The summed E-state index contributed by atoms with van der Waals surface area (Å²) in [6.07, 6.45) is 0. The van der Waals surface area contributed by atoms with Gasteiger partial charge in [0, 0.05) is 7.05 Å². The molecule has 0 saturated carbocycles. The smallest absolute Gasteiger partial charge is 0.286 e. The number of hydrogen-bond donors (Lipinski definition) is 2. The second-order valence-corrected chi connectivity index (χ2v) is 1.81. The van der Waals surface area contributed by atoms with E-state index in [1.54, 1.807) is 12.1 Å². The molecule has 5 heteroatoms. The molecular formula is C4H8N4O. The molecule has 1 aliphatic rings. The molecule has 0 fully saturated rings. The molecule has 1 rings (SSSR count). The van der Waals surface area contributed by atoms with Gasteiger partial charge >= 0.3 is 0 Å². The topological polar surface area (TPSA) is 70.7 Å². The van der Waals surface area contributed by atoms with Gasteiger partial charge in [-0.05, 0) is 0 Å². The van der Waals surface area contributed by atoms with Crippen LogP contribution in [-0.4, -0.2) is 30.5 Å². The van der Waals surface area contributed by atoms with E-state index in [9.17, 15) is 4.79 Å². The van der Waals surface area contributed by atoms with Crippen molar-refractivity contribution in [3.05, 3.63) is 0 Å². The number of nitrogens with two attached hydrogens (primary N) is 1. The molecule has 50 valence electrons. The summed E-state index contributed by atoms with van der Waals surface area (Å²) in [6, 6.07) is 0. The van der Waals surface area contributed by atoms with Gasteiger partial charge in [-0.25, -0.2) is 0 Å². The second-order valence-electron chi connectivity index (χ2n) is 1.81. The average molecular weight is 128 g/mol. The lowest BCUT2D eigenvalue weighted by Crippen LogP contribution is -2.33. The average Bonchev–Trinajstić information content (AvgIpc) is 2.14. The third-order valence-electron chi connectivity index (χ3n) is 0.979. The molecule has 0 aromatic carbocycles. The lowest BCUT2D eigenvalue weighted by Gasteiger charge is -1.99. The summed E-state index contributed by atoms with van der Waals surface area (Å²) in [5.41, 5.74) is 4.90. The molecule has 0 radical (unpaired) electrons. The Morgan fingerprint density at radius 3 is 2.89 bits per heavy atom. The first-order valence-electron chi connectivity index (χ1n) is 2.53. The summed E-state index contributed by atoms with van der Waals surface area (Å²) >= 11 is 0. The maximum Gasteiger partial charge on any atom is 0.286 e. The van der Waals surface area contributed by atoms with Crippen LogP contribution in [0.4, 0.5) is 0 Å². The minimum atomic E-state index is -0.514. The maximum atomic E-state index is 10.3. The zero-order valence-electron chi connectivity index (χ0n) is 5.09. The van der Waals surface area contributed by atoms with Crippen molar-refractivity contribution in [2.45, 2.75) is 0 Å². The molecule has 0 aromatic rings. The number of carbonyl (C=O) groups excluding carboxylic acids is 1. The molecule has 0 aliphatic carbocycles. The van der Waals surface area contributed by atoms with Gasteiger partial charge in [-0.2, -0.15) is 5.10 Å². The van der Waals surface area contributed by atoms with Gasteiger partial charge in [-0.3, -0.25) is 9.80 Å². The van der Waals surface area contributed by atoms with Crippen molar-refractivity contribution in [3.63, 3.8) is 0 Å². The Bertz CT molecular complexity index is 164. The van der Waals surface area contributed by atoms with Crippen molar-refractivity contribution in [3.8, 4) is 0 Å². The molecule has 1 amide bonds. The molecule has 0 unspecified atom stereocenters. The van der Waals surface area contributed by atoms with Crippen LogP contribution in [0.15, 0.2) is 5.10 Å². The number of primary amides is 1. The highest BCUT2D eigenvalue weighted by molar-refractivity contribution is 6.37. The highest BCUT2D eigenvalue weighted by Gasteiger charge is 2.13. The number of amidine groups is 1. The van der Waals surface area contributed by atoms with Crippen molar-refractivity contribution < 1.29 is 4.79 Å². The van der Waals surface area contributed by atoms with Crippen LogP contribution in [0.5, 0.6) is 0 Å². The van der Waals surface area contributed by atoms with E-state index in [4.69, 9.17) is 5.73 Å². The SMILES string of the molecule is CN1CNC(C(N)=O)=N1. The first-order chi connectivity index (χ1) is 4.20. The summed E-state index contributed by atoms with van der Waals surface area (Å²) in [7, 11) is 1.75. The monoisotopic (exact) mass is 128 g/mol. The van der Waals surface area contributed by atoms with Crippen LogP contribution >= 0.6 is 0 Å². The zero-order chi connectivity index (χ0) is 6.85. The molecule has 0 atom stereocenters. The van der Waals surface area contributed by atoms with Crippen LogP contribution in [0.1, 0.15) is 0 Å². The third-order valence-corrected chi connectivity index (χ3v) is 0.979. The van der Waals surface area contributed by atoms with Crippen molar-refractivity contribution >= 4 is 11.7 Å². The van der Waals surface area contributed by atoms with E-state index in [2.05, 4.69) is 10.4 Å². The van der Waals surface area contributed by atoms with Crippen LogP contribution in [0.3, 0.4) is 0 Å². The van der Waals surface area contributed by atoms with Gasteiger partial charge in [0.05, 0.1) is 0 Å². The molecule has 9 heavy (non-hydrogen) atoms. The molecule has 1 heterocycles. The van der Waals surface area contributed by atoms with Gasteiger partial charge in [0.25, 0.3) is 5.91 Å². The molecule has 0 aromatic heterocycles. The van der Waals surface area contributed by atoms with Crippen LogP contribution in [-0.2, 0) is 4.79 Å². The minimum Gasteiger partial charge on any atom is -0.363 e. The van der Waals surface area contributed by atoms with Crippen LogP contribution in [0.25, 0.3) is 0 Å². The minimum absolute atomic E-state index is 0.234. The van der Waals surface area contributed by atoms with E-state index < -0.39 is 5.91 Å². The highest BCUT2D eigenvalue weighted by atomic mass is 16.1. The number of hydrazone groups is 1. The third kappa shape index (κ3) is 1.10. The quantitative estimate of drug-likeness (QED) is 0.441. The lowest BCUT2D eigenvalue weighted by atomic mass is 10.6. The predicted octanol–water partition coefficient (Wildman–Crippen LogP) is -1.72. The normalized spacial score (nSPS) is 17.0. The number of carbonyl (C=O) groups is 1. The zero-order valence-corrected chi connectivity index (χ0v) is 5.09. The first kappa shape index (κ1) is 5.87. The van der Waals surface area contributed by atoms with Crippen molar-refractivity contribution in [1.82, 2.24) is 10.3 Å². The van der Waals surface area contributed by atoms with Gasteiger partial charge in [-0.15, -0.1) is 0 Å². The van der Waals surface area contributed by atoms with Crippen molar-refractivity contribution in [1.29, 1.82) is 0 Å². The predicted molar refractivity (Wildman–Crippen MR) is 32.4 cm³/mol. The molecule has 0 saturated heterocycles. The lowest BCUT2D eigenvalue weighted by molar-refractivity contribution is -0.112. The Balaban J connectivity index is 2.62. The fourth-order valence-corrected chi connectivity index (χ4v) is 0.567. The Morgan fingerprint density at radius 1 is 2.00 bits per heavy atom. The van der Waals surface area contributed by atoms with Crippen LogP contribution in [0.2, 0.25) is 0 Å². The molecule has 0 bridgehead atoms. The summed E-state index contributed by atoms with van der Waals surface area (Å²) in [4.78, 5) is 10.3. The molecule has 1 aliphatic heterocycles. The van der Waals surface area contributed by atoms with E-state index >= 15 is 0 Å². The van der Waals surface area contributed by atoms with Crippen LogP contribution < -0.4 is 11.1 Å². The first-order valence-corrected chi connectivity index (χ1v) is 2.53. The summed E-state index contributed by atoms with van der Waals surface area (Å²) in [5, 5.41) is 8.06. The number of nitrogens with zero attached hydrogens (tertiary/aromatic N) is 2. The van der Waals surface area contributed by atoms with Crippen LogP contribution in [0, 0.1) is 0 Å². The largest absolute Gasteiger partial charge is 0.363 e. The van der Waals surface area contributed by atoms with Gasteiger partial charge < -0.3 is 11.1 Å². The summed E-state index contributed by atoms with van der Waals surface area (Å²) < 4.78 is 0. The van der Waals surface area contributed by atoms with Crippen molar-refractivity contribution in [2.24, 2.45) is 10.8 Å². The molecule has 5 nitrogen and oxygen atoms in total. The number of hydrogen-bond acceptors (Lipinski definition) is 4. The maximum absolute atomic E-state index is 10.3.